The number of amides is 1. The van der Waals surface area contributed by atoms with Crippen LogP contribution in [0.4, 0.5) is 0 Å². The second kappa shape index (κ2) is 75.0. The maximum Gasteiger partial charge on any atom is 0.220 e. The van der Waals surface area contributed by atoms with Crippen LogP contribution in [-0.4, -0.2) is 193 Å². The predicted molar refractivity (Wildman–Crippen MR) is 466 cm³/mol. The lowest BCUT2D eigenvalue weighted by atomic mass is 9.96. The molecule has 17 atom stereocenters. The first-order valence-corrected chi connectivity index (χ1v) is 47.7. The Labute approximate surface area is 699 Å². The van der Waals surface area contributed by atoms with Crippen LogP contribution in [0, 0.1) is 0 Å². The number of ether oxygens (including phenoxy) is 6. The molecule has 0 aromatic heterocycles. The van der Waals surface area contributed by atoms with Crippen LogP contribution in [0.15, 0.2) is 72.9 Å². The predicted octanol–water partition coefficient (Wildman–Crippen LogP) is 19.1. The van der Waals surface area contributed by atoms with Crippen molar-refractivity contribution in [3.8, 4) is 0 Å². The fraction of sp³-hybridized carbons (Fsp3) is 0.865. The summed E-state index contributed by atoms with van der Waals surface area (Å²) in [6, 6.07) is -0.993. The topological polar surface area (TPSA) is 307 Å². The molecule has 17 unspecified atom stereocenters. The molecule has 0 bridgehead atoms. The lowest BCUT2D eigenvalue weighted by Gasteiger charge is -2.48. The number of hydrogen-bond donors (Lipinski definition) is 12. The molecule has 0 aromatic rings. The van der Waals surface area contributed by atoms with Crippen molar-refractivity contribution >= 4 is 5.91 Å². The number of aliphatic hydroxyl groups is 11. The molecule has 1 amide bonds. The maximum absolute atomic E-state index is 13.5. The molecule has 0 aromatic carbocycles. The number of rotatable bonds is 78. The van der Waals surface area contributed by atoms with Crippen molar-refractivity contribution in [2.75, 3.05) is 26.4 Å². The van der Waals surface area contributed by atoms with Gasteiger partial charge in [-0.25, -0.2) is 0 Å². The highest BCUT2D eigenvalue weighted by Crippen LogP contribution is 2.34. The third-order valence-corrected chi connectivity index (χ3v) is 23.5. The van der Waals surface area contributed by atoms with Gasteiger partial charge in [0.15, 0.2) is 18.9 Å². The Morgan fingerprint density at radius 2 is 0.609 bits per heavy atom. The summed E-state index contributed by atoms with van der Waals surface area (Å²) in [5, 5.41) is 121. The van der Waals surface area contributed by atoms with E-state index in [-0.39, 0.29) is 18.9 Å². The molecule has 3 aliphatic heterocycles. The second-order valence-corrected chi connectivity index (χ2v) is 33.8. The smallest absolute Gasteiger partial charge is 0.220 e. The van der Waals surface area contributed by atoms with Crippen molar-refractivity contribution in [3.63, 3.8) is 0 Å². The standard InChI is InChI=1S/C96H175NO18/c1-3-5-7-9-11-13-15-17-19-21-23-25-27-29-31-33-34-35-36-37-38-39-40-41-42-43-44-46-48-50-52-54-56-58-60-62-64-66-68-70-72-74-84(102)97-79(80(101)73-71-69-67-65-63-61-59-57-55-53-51-49-47-45-32-30-28-26-24-22-20-18-16-14-12-10-8-6-4-2)78-110-94-90(108)87(105)92(82(76-99)112-94)115-96-91(109)88(106)93(83(77-100)113-96)114-95-89(107)86(104)85(103)81(75-98)111-95/h5,7,11,13,17,19,23,25,63,65,71,73,79-83,85-96,98-101,103-109H,3-4,6,8-10,12,14-16,18,20-22,24,26-62,64,66-70,72,74-78H2,1-2H3,(H,97,102)/b7-5-,13-11-,19-17-,25-23-,65-63+,73-71+. The van der Waals surface area contributed by atoms with Gasteiger partial charge in [-0.15, -0.1) is 0 Å². The zero-order valence-electron chi connectivity index (χ0n) is 72.8. The molecule has 672 valence electrons. The van der Waals surface area contributed by atoms with Crippen molar-refractivity contribution < 1.29 is 89.4 Å². The van der Waals surface area contributed by atoms with Crippen LogP contribution >= 0.6 is 0 Å². The first-order valence-electron chi connectivity index (χ1n) is 47.7. The molecule has 3 aliphatic rings. The molecule has 3 heterocycles. The van der Waals surface area contributed by atoms with Gasteiger partial charge in [0.2, 0.25) is 5.91 Å². The number of unbranched alkanes of at least 4 members (excludes halogenated alkanes) is 52. The fourth-order valence-electron chi connectivity index (χ4n) is 16.0. The van der Waals surface area contributed by atoms with Gasteiger partial charge in [0, 0.05) is 6.42 Å². The van der Waals surface area contributed by atoms with Crippen LogP contribution in [0.2, 0.25) is 0 Å². The van der Waals surface area contributed by atoms with Crippen LogP contribution in [0.1, 0.15) is 399 Å². The Hall–Kier alpha value is -2.77. The van der Waals surface area contributed by atoms with Gasteiger partial charge < -0.3 is 89.9 Å². The van der Waals surface area contributed by atoms with E-state index in [1.54, 1.807) is 6.08 Å². The molecular formula is C96H175NO18. The molecule has 19 heteroatoms. The molecule has 3 fully saturated rings. The third-order valence-electron chi connectivity index (χ3n) is 23.5. The molecule has 19 nitrogen and oxygen atoms in total. The van der Waals surface area contributed by atoms with Crippen LogP contribution in [0.5, 0.6) is 0 Å². The summed E-state index contributed by atoms with van der Waals surface area (Å²) >= 11 is 0. The second-order valence-electron chi connectivity index (χ2n) is 33.8. The maximum atomic E-state index is 13.5. The van der Waals surface area contributed by atoms with Crippen molar-refractivity contribution in [1.82, 2.24) is 5.32 Å². The summed E-state index contributed by atoms with van der Waals surface area (Å²) in [4.78, 5) is 13.5. The summed E-state index contributed by atoms with van der Waals surface area (Å²) in [6.45, 7) is 1.67. The summed E-state index contributed by atoms with van der Waals surface area (Å²) in [5.74, 6) is -0.278. The number of carbonyl (C=O) groups excluding carboxylic acids is 1. The van der Waals surface area contributed by atoms with E-state index in [0.29, 0.717) is 12.8 Å². The minimum Gasteiger partial charge on any atom is -0.394 e. The zero-order chi connectivity index (χ0) is 83.1. The molecule has 115 heavy (non-hydrogen) atoms. The first kappa shape index (κ1) is 106. The normalized spacial score (nSPS) is 24.9. The van der Waals surface area contributed by atoms with Crippen molar-refractivity contribution in [2.45, 2.75) is 503 Å². The van der Waals surface area contributed by atoms with Gasteiger partial charge in [-0.05, 0) is 70.6 Å². The average Bonchev–Trinajstić information content (AvgIpc) is 0.778. The SMILES string of the molecule is CC/C=C\C/C=C\C/C=C\C/C=C\CCCCCCCCCCCCCCCCCCCCCCCCCCCCCCC(=O)NC(COC1OC(CO)C(OC2OC(CO)C(OC3OC(CO)C(O)C(O)C3O)C(O)C2O)C(O)C1O)C(O)/C=C/CC/C=C/CCCCCCCCCCCCCCCCCCCCCCCCC. The lowest BCUT2D eigenvalue weighted by molar-refractivity contribution is -0.379. The van der Waals surface area contributed by atoms with E-state index in [9.17, 15) is 61.0 Å². The van der Waals surface area contributed by atoms with E-state index in [4.69, 9.17) is 28.4 Å². The van der Waals surface area contributed by atoms with Gasteiger partial charge in [-0.3, -0.25) is 4.79 Å². The summed E-state index contributed by atoms with van der Waals surface area (Å²) < 4.78 is 34.5. The highest BCUT2D eigenvalue weighted by molar-refractivity contribution is 5.76. The summed E-state index contributed by atoms with van der Waals surface area (Å²) in [7, 11) is 0. The van der Waals surface area contributed by atoms with Crippen LogP contribution in [0.3, 0.4) is 0 Å². The Balaban J connectivity index is 1.29. The Kier molecular flexibility index (Phi) is 69.4. The highest BCUT2D eigenvalue weighted by Gasteiger charge is 2.54. The van der Waals surface area contributed by atoms with Crippen molar-refractivity contribution in [1.29, 1.82) is 0 Å². The number of nitrogens with one attached hydrogen (secondary N) is 1. The first-order chi connectivity index (χ1) is 56.3. The van der Waals surface area contributed by atoms with Crippen molar-refractivity contribution in [3.05, 3.63) is 72.9 Å². The zero-order valence-corrected chi connectivity index (χ0v) is 72.8. The number of allylic oxidation sites excluding steroid dienone is 11. The molecule has 3 rings (SSSR count). The lowest BCUT2D eigenvalue weighted by Crippen LogP contribution is -2.66. The van der Waals surface area contributed by atoms with Crippen LogP contribution < -0.4 is 5.32 Å². The summed E-state index contributed by atoms with van der Waals surface area (Å²) in [5.41, 5.74) is 0. The molecule has 3 saturated heterocycles. The quantitative estimate of drug-likeness (QED) is 0.0199. The monoisotopic (exact) mass is 1630 g/mol. The molecule has 0 spiro atoms. The van der Waals surface area contributed by atoms with Gasteiger partial charge in [0.25, 0.3) is 0 Å². The van der Waals surface area contributed by atoms with E-state index < -0.39 is 124 Å². The molecule has 0 radical (unpaired) electrons. The molecule has 0 aliphatic carbocycles. The number of carbonyl (C=O) groups is 1. The van der Waals surface area contributed by atoms with Crippen LogP contribution in [0.25, 0.3) is 0 Å². The van der Waals surface area contributed by atoms with E-state index in [1.165, 1.54) is 302 Å². The van der Waals surface area contributed by atoms with Gasteiger partial charge in [-0.2, -0.15) is 0 Å². The summed E-state index contributed by atoms with van der Waals surface area (Å²) in [6.07, 6.45) is 75.1. The van der Waals surface area contributed by atoms with E-state index in [0.717, 1.165) is 64.2 Å². The molecular weight excluding hydrogens is 1460 g/mol. The van der Waals surface area contributed by atoms with Gasteiger partial charge >= 0.3 is 0 Å². The number of hydrogen-bond acceptors (Lipinski definition) is 18. The van der Waals surface area contributed by atoms with Crippen molar-refractivity contribution in [2.24, 2.45) is 0 Å². The Morgan fingerprint density at radius 1 is 0.322 bits per heavy atom. The van der Waals surface area contributed by atoms with E-state index >= 15 is 0 Å². The fourth-order valence-corrected chi connectivity index (χ4v) is 16.0. The minimum absolute atomic E-state index is 0.238. The Morgan fingerprint density at radius 3 is 0.974 bits per heavy atom. The van der Waals surface area contributed by atoms with Gasteiger partial charge in [0.05, 0.1) is 38.6 Å². The number of aliphatic hydroxyl groups excluding tert-OH is 11. The largest absolute Gasteiger partial charge is 0.394 e. The molecule has 0 saturated carbocycles. The molecule has 12 N–H and O–H groups in total. The Bertz CT molecular complexity index is 2350. The highest BCUT2D eigenvalue weighted by atomic mass is 16.8. The van der Waals surface area contributed by atoms with Crippen LogP contribution in [-0.2, 0) is 33.2 Å². The van der Waals surface area contributed by atoms with E-state index in [2.05, 4.69) is 79.9 Å². The minimum atomic E-state index is -1.98. The van der Waals surface area contributed by atoms with Gasteiger partial charge in [0.1, 0.15) is 73.2 Å². The van der Waals surface area contributed by atoms with E-state index in [1.807, 2.05) is 6.08 Å². The third kappa shape index (κ3) is 53.0. The average molecular weight is 1630 g/mol. The van der Waals surface area contributed by atoms with Gasteiger partial charge in [-0.1, -0.05) is 395 Å².